The van der Waals surface area contributed by atoms with E-state index in [-0.39, 0.29) is 17.5 Å². The monoisotopic (exact) mass is 153 g/mol. The largest absolute Gasteiger partial charge is 0.508 e. The van der Waals surface area contributed by atoms with Gasteiger partial charge in [0.15, 0.2) is 0 Å². The number of phenolic OH excluding ortho intramolecular Hbond substituents is 2. The van der Waals surface area contributed by atoms with E-state index in [0.29, 0.717) is 0 Å². The zero-order valence-electron chi connectivity index (χ0n) is 6.28. The fourth-order valence-corrected chi connectivity index (χ4v) is 0.881. The van der Waals surface area contributed by atoms with Crippen molar-refractivity contribution in [2.45, 2.75) is 13.0 Å². The Morgan fingerprint density at radius 2 is 1.64 bits per heavy atom. The molecule has 0 heterocycles. The molecule has 0 spiro atoms. The maximum absolute atomic E-state index is 9.03. The SMILES string of the molecule is C[C@@H](N)c1cc(O)cc(O)c1. The van der Waals surface area contributed by atoms with Crippen LogP contribution < -0.4 is 5.73 Å². The van der Waals surface area contributed by atoms with Gasteiger partial charge >= 0.3 is 0 Å². The van der Waals surface area contributed by atoms with Crippen molar-refractivity contribution in [2.75, 3.05) is 0 Å². The van der Waals surface area contributed by atoms with Gasteiger partial charge in [0, 0.05) is 12.1 Å². The molecule has 0 aliphatic heterocycles. The van der Waals surface area contributed by atoms with E-state index >= 15 is 0 Å². The first-order chi connectivity index (χ1) is 5.09. The summed E-state index contributed by atoms with van der Waals surface area (Å²) in [5.74, 6) is 0.0783. The first-order valence-corrected chi connectivity index (χ1v) is 3.38. The number of phenols is 2. The molecule has 11 heavy (non-hydrogen) atoms. The van der Waals surface area contributed by atoms with E-state index in [0.717, 1.165) is 5.56 Å². The van der Waals surface area contributed by atoms with Crippen LogP contribution in [0.25, 0.3) is 0 Å². The van der Waals surface area contributed by atoms with Gasteiger partial charge in [-0.05, 0) is 24.6 Å². The molecule has 0 saturated carbocycles. The fraction of sp³-hybridized carbons (Fsp3) is 0.250. The van der Waals surface area contributed by atoms with Crippen LogP contribution in [0.5, 0.6) is 11.5 Å². The highest BCUT2D eigenvalue weighted by molar-refractivity contribution is 5.37. The molecule has 0 aromatic heterocycles. The summed E-state index contributed by atoms with van der Waals surface area (Å²) in [6.45, 7) is 1.79. The highest BCUT2D eigenvalue weighted by Crippen LogP contribution is 2.23. The lowest BCUT2D eigenvalue weighted by Crippen LogP contribution is -2.04. The molecule has 0 fully saturated rings. The molecule has 0 aliphatic rings. The predicted octanol–water partition coefficient (Wildman–Crippen LogP) is 1.12. The van der Waals surface area contributed by atoms with Crippen molar-refractivity contribution < 1.29 is 10.2 Å². The van der Waals surface area contributed by atoms with E-state index in [4.69, 9.17) is 15.9 Å². The van der Waals surface area contributed by atoms with Crippen molar-refractivity contribution in [3.63, 3.8) is 0 Å². The van der Waals surface area contributed by atoms with Crippen LogP contribution in [0, 0.1) is 0 Å². The molecule has 3 heteroatoms. The van der Waals surface area contributed by atoms with Crippen LogP contribution in [0.1, 0.15) is 18.5 Å². The second kappa shape index (κ2) is 2.80. The summed E-state index contributed by atoms with van der Waals surface area (Å²) in [7, 11) is 0. The van der Waals surface area contributed by atoms with Gasteiger partial charge in [0.05, 0.1) is 0 Å². The Morgan fingerprint density at radius 3 is 2.00 bits per heavy atom. The number of benzene rings is 1. The Kier molecular flexibility index (Phi) is 2.01. The summed E-state index contributed by atoms with van der Waals surface area (Å²) in [6, 6.07) is 4.16. The van der Waals surface area contributed by atoms with Crippen LogP contribution in [-0.2, 0) is 0 Å². The number of hydrogen-bond acceptors (Lipinski definition) is 3. The van der Waals surface area contributed by atoms with Gasteiger partial charge in [-0.1, -0.05) is 0 Å². The van der Waals surface area contributed by atoms with Crippen LogP contribution in [0.2, 0.25) is 0 Å². The lowest BCUT2D eigenvalue weighted by molar-refractivity contribution is 0.448. The van der Waals surface area contributed by atoms with Crippen molar-refractivity contribution in [1.82, 2.24) is 0 Å². The highest BCUT2D eigenvalue weighted by Gasteiger charge is 2.02. The Morgan fingerprint density at radius 1 is 1.18 bits per heavy atom. The smallest absolute Gasteiger partial charge is 0.119 e. The summed E-state index contributed by atoms with van der Waals surface area (Å²) < 4.78 is 0. The molecule has 1 aromatic carbocycles. The van der Waals surface area contributed by atoms with Gasteiger partial charge in [0.2, 0.25) is 0 Å². The molecule has 4 N–H and O–H groups in total. The van der Waals surface area contributed by atoms with Crippen molar-refractivity contribution in [3.8, 4) is 11.5 Å². The minimum atomic E-state index is -0.173. The van der Waals surface area contributed by atoms with Crippen LogP contribution in [-0.4, -0.2) is 10.2 Å². The van der Waals surface area contributed by atoms with Crippen LogP contribution in [0.4, 0.5) is 0 Å². The topological polar surface area (TPSA) is 66.5 Å². The normalized spacial score (nSPS) is 12.9. The standard InChI is InChI=1S/C8H11NO2/c1-5(9)6-2-7(10)4-8(11)3-6/h2-5,10-11H,9H2,1H3/t5-/m1/s1. The molecule has 0 bridgehead atoms. The molecule has 0 aliphatic carbocycles. The van der Waals surface area contributed by atoms with E-state index in [1.165, 1.54) is 18.2 Å². The van der Waals surface area contributed by atoms with Crippen LogP contribution >= 0.6 is 0 Å². The third kappa shape index (κ3) is 1.85. The van der Waals surface area contributed by atoms with Gasteiger partial charge in [0.25, 0.3) is 0 Å². The molecular weight excluding hydrogens is 142 g/mol. The molecule has 60 valence electrons. The number of nitrogens with two attached hydrogens (primary N) is 1. The zero-order chi connectivity index (χ0) is 8.43. The Hall–Kier alpha value is -1.22. The molecule has 1 aromatic rings. The number of aromatic hydroxyl groups is 2. The molecular formula is C8H11NO2. The molecule has 1 atom stereocenters. The maximum Gasteiger partial charge on any atom is 0.119 e. The summed E-state index contributed by atoms with van der Waals surface area (Å²) in [5.41, 5.74) is 6.25. The molecule has 0 saturated heterocycles. The van der Waals surface area contributed by atoms with Gasteiger partial charge in [-0.3, -0.25) is 0 Å². The van der Waals surface area contributed by atoms with E-state index in [9.17, 15) is 0 Å². The van der Waals surface area contributed by atoms with Gasteiger partial charge in [-0.25, -0.2) is 0 Å². The minimum Gasteiger partial charge on any atom is -0.508 e. The lowest BCUT2D eigenvalue weighted by Gasteiger charge is -2.05. The van der Waals surface area contributed by atoms with Crippen LogP contribution in [0.3, 0.4) is 0 Å². The first-order valence-electron chi connectivity index (χ1n) is 3.38. The van der Waals surface area contributed by atoms with Crippen molar-refractivity contribution in [1.29, 1.82) is 0 Å². The average molecular weight is 153 g/mol. The van der Waals surface area contributed by atoms with Crippen molar-refractivity contribution in [3.05, 3.63) is 23.8 Å². The van der Waals surface area contributed by atoms with Gasteiger partial charge in [0.1, 0.15) is 11.5 Å². The number of hydrogen-bond donors (Lipinski definition) is 3. The third-order valence-electron chi connectivity index (χ3n) is 1.45. The van der Waals surface area contributed by atoms with Crippen molar-refractivity contribution >= 4 is 0 Å². The van der Waals surface area contributed by atoms with Gasteiger partial charge in [-0.2, -0.15) is 0 Å². The second-order valence-corrected chi connectivity index (χ2v) is 2.57. The Balaban J connectivity index is 3.08. The summed E-state index contributed by atoms with van der Waals surface area (Å²) in [4.78, 5) is 0. The van der Waals surface area contributed by atoms with Gasteiger partial charge < -0.3 is 15.9 Å². The van der Waals surface area contributed by atoms with E-state index in [1.54, 1.807) is 6.92 Å². The van der Waals surface area contributed by atoms with E-state index in [2.05, 4.69) is 0 Å². The maximum atomic E-state index is 9.03. The predicted molar refractivity (Wildman–Crippen MR) is 42.4 cm³/mol. The molecule has 3 nitrogen and oxygen atoms in total. The second-order valence-electron chi connectivity index (χ2n) is 2.57. The lowest BCUT2D eigenvalue weighted by atomic mass is 10.1. The number of rotatable bonds is 1. The van der Waals surface area contributed by atoms with Crippen LogP contribution in [0.15, 0.2) is 18.2 Å². The fourth-order valence-electron chi connectivity index (χ4n) is 0.881. The summed E-state index contributed by atoms with van der Waals surface area (Å²) in [6.07, 6.45) is 0. The Bertz CT molecular complexity index is 238. The molecule has 0 radical (unpaired) electrons. The summed E-state index contributed by atoms with van der Waals surface area (Å²) in [5, 5.41) is 18.1. The average Bonchev–Trinajstić information content (AvgIpc) is 1.85. The summed E-state index contributed by atoms with van der Waals surface area (Å²) >= 11 is 0. The minimum absolute atomic E-state index is 0.0392. The van der Waals surface area contributed by atoms with E-state index in [1.807, 2.05) is 0 Å². The third-order valence-corrected chi connectivity index (χ3v) is 1.45. The molecule has 0 amide bonds. The Labute approximate surface area is 65.1 Å². The van der Waals surface area contributed by atoms with E-state index < -0.39 is 0 Å². The molecule has 0 unspecified atom stereocenters. The first kappa shape index (κ1) is 7.88. The quantitative estimate of drug-likeness (QED) is 0.566. The van der Waals surface area contributed by atoms with Gasteiger partial charge in [-0.15, -0.1) is 0 Å². The zero-order valence-corrected chi connectivity index (χ0v) is 6.28. The van der Waals surface area contributed by atoms with Crippen molar-refractivity contribution in [2.24, 2.45) is 5.73 Å². The highest BCUT2D eigenvalue weighted by atomic mass is 16.3. The molecule has 1 rings (SSSR count).